The molecule has 1 heterocycles. The van der Waals surface area contributed by atoms with Crippen LogP contribution in [0.3, 0.4) is 0 Å². The number of aliphatic hydroxyl groups excluding tert-OH is 1. The number of rotatable bonds is 9. The minimum Gasteiger partial charge on any atom is -0.466 e. The van der Waals surface area contributed by atoms with Crippen molar-refractivity contribution < 1.29 is 24.2 Å². The van der Waals surface area contributed by atoms with Crippen LogP contribution in [0.1, 0.15) is 60.3 Å². The molecule has 2 amide bonds. The fraction of sp³-hybridized carbons (Fsp3) is 0.783. The first-order valence-corrected chi connectivity index (χ1v) is 11.2. The maximum absolute atomic E-state index is 13.5. The SMILES string of the molecule is CCOC(=O)[C@H]1[C@@H]2C(=O)N(CCCCCCO)[C@H](C(=O)NC(C)(C)C)[C@H]2C=C[C@H]1C. The van der Waals surface area contributed by atoms with Crippen molar-refractivity contribution in [1.29, 1.82) is 0 Å². The quantitative estimate of drug-likeness (QED) is 0.338. The summed E-state index contributed by atoms with van der Waals surface area (Å²) in [4.78, 5) is 41.0. The molecule has 1 aliphatic heterocycles. The Kier molecular flexibility index (Phi) is 8.47. The number of carbonyl (C=O) groups excluding carboxylic acids is 3. The number of fused-ring (bicyclic) bond motifs is 1. The largest absolute Gasteiger partial charge is 0.466 e. The van der Waals surface area contributed by atoms with Crippen LogP contribution in [0.15, 0.2) is 12.2 Å². The van der Waals surface area contributed by atoms with Gasteiger partial charge in [-0.25, -0.2) is 0 Å². The first-order chi connectivity index (χ1) is 14.1. The van der Waals surface area contributed by atoms with Gasteiger partial charge in [-0.15, -0.1) is 0 Å². The molecule has 7 heteroatoms. The van der Waals surface area contributed by atoms with Crippen LogP contribution in [0.5, 0.6) is 0 Å². The summed E-state index contributed by atoms with van der Waals surface area (Å²) in [6.45, 7) is 10.3. The highest BCUT2D eigenvalue weighted by atomic mass is 16.5. The van der Waals surface area contributed by atoms with E-state index in [2.05, 4.69) is 5.32 Å². The molecule has 30 heavy (non-hydrogen) atoms. The van der Waals surface area contributed by atoms with Gasteiger partial charge in [-0.2, -0.15) is 0 Å². The number of esters is 1. The molecule has 7 nitrogen and oxygen atoms in total. The molecule has 0 aromatic rings. The van der Waals surface area contributed by atoms with Gasteiger partial charge in [-0.1, -0.05) is 31.9 Å². The van der Waals surface area contributed by atoms with Crippen LogP contribution in [0, 0.1) is 23.7 Å². The number of unbranched alkanes of at least 4 members (excludes halogenated alkanes) is 3. The van der Waals surface area contributed by atoms with Crippen molar-refractivity contribution in [2.45, 2.75) is 71.9 Å². The van der Waals surface area contributed by atoms with Crippen LogP contribution in [0.25, 0.3) is 0 Å². The molecule has 2 aliphatic rings. The second-order valence-corrected chi connectivity index (χ2v) is 9.48. The zero-order chi connectivity index (χ0) is 22.5. The number of hydrogen-bond acceptors (Lipinski definition) is 5. The Morgan fingerprint density at radius 1 is 1.17 bits per heavy atom. The van der Waals surface area contributed by atoms with Crippen molar-refractivity contribution in [2.75, 3.05) is 19.8 Å². The van der Waals surface area contributed by atoms with Crippen LogP contribution in [-0.4, -0.2) is 59.1 Å². The summed E-state index contributed by atoms with van der Waals surface area (Å²) in [5.74, 6) is -2.29. The third-order valence-electron chi connectivity index (χ3n) is 5.91. The van der Waals surface area contributed by atoms with Crippen LogP contribution in [0.2, 0.25) is 0 Å². The maximum atomic E-state index is 13.5. The highest BCUT2D eigenvalue weighted by Crippen LogP contribution is 2.44. The number of aliphatic hydroxyl groups is 1. The van der Waals surface area contributed by atoms with E-state index in [-0.39, 0.29) is 42.8 Å². The normalized spacial score (nSPS) is 28.4. The second kappa shape index (κ2) is 10.4. The predicted molar refractivity (Wildman–Crippen MR) is 114 cm³/mol. The Labute approximate surface area is 180 Å². The Bertz CT molecular complexity index is 654. The zero-order valence-corrected chi connectivity index (χ0v) is 19.0. The molecule has 5 atom stereocenters. The Hall–Kier alpha value is -1.89. The van der Waals surface area contributed by atoms with Gasteiger partial charge < -0.3 is 20.1 Å². The Balaban J connectivity index is 2.30. The lowest BCUT2D eigenvalue weighted by molar-refractivity contribution is -0.155. The number of likely N-dealkylation sites (tertiary alicyclic amines) is 1. The van der Waals surface area contributed by atoms with Gasteiger partial charge in [0, 0.05) is 24.6 Å². The lowest BCUT2D eigenvalue weighted by Crippen LogP contribution is -2.52. The number of ether oxygens (including phenoxy) is 1. The molecular weight excluding hydrogens is 384 g/mol. The minimum atomic E-state index is -0.625. The molecule has 0 spiro atoms. The van der Waals surface area contributed by atoms with E-state index in [1.807, 2.05) is 39.8 Å². The van der Waals surface area contributed by atoms with E-state index in [4.69, 9.17) is 9.84 Å². The maximum Gasteiger partial charge on any atom is 0.310 e. The molecule has 1 aliphatic carbocycles. The number of nitrogens with one attached hydrogen (secondary N) is 1. The molecule has 0 aromatic heterocycles. The molecule has 0 saturated carbocycles. The molecule has 0 aromatic carbocycles. The third-order valence-corrected chi connectivity index (χ3v) is 5.91. The highest BCUT2D eigenvalue weighted by molar-refractivity contribution is 5.96. The van der Waals surface area contributed by atoms with E-state index in [1.165, 1.54) is 0 Å². The van der Waals surface area contributed by atoms with Gasteiger partial charge in [0.05, 0.1) is 18.4 Å². The average Bonchev–Trinajstić information content (AvgIpc) is 2.92. The molecule has 1 saturated heterocycles. The number of carbonyl (C=O) groups is 3. The van der Waals surface area contributed by atoms with Crippen molar-refractivity contribution in [3.63, 3.8) is 0 Å². The van der Waals surface area contributed by atoms with E-state index in [0.717, 1.165) is 25.7 Å². The lowest BCUT2D eigenvalue weighted by Gasteiger charge is -2.33. The van der Waals surface area contributed by atoms with Crippen LogP contribution < -0.4 is 5.32 Å². The fourth-order valence-electron chi connectivity index (χ4n) is 4.62. The summed E-state index contributed by atoms with van der Waals surface area (Å²) in [6, 6.07) is -0.625. The first kappa shape index (κ1) is 24.4. The van der Waals surface area contributed by atoms with E-state index in [0.29, 0.717) is 6.54 Å². The predicted octanol–water partition coefficient (Wildman–Crippen LogP) is 2.28. The number of nitrogens with zero attached hydrogens (tertiary/aromatic N) is 1. The Morgan fingerprint density at radius 3 is 2.43 bits per heavy atom. The first-order valence-electron chi connectivity index (χ1n) is 11.2. The van der Waals surface area contributed by atoms with Crippen molar-refractivity contribution in [3.05, 3.63) is 12.2 Å². The number of allylic oxidation sites excluding steroid dienone is 1. The highest BCUT2D eigenvalue weighted by Gasteiger charge is 2.57. The zero-order valence-electron chi connectivity index (χ0n) is 19.0. The lowest BCUT2D eigenvalue weighted by atomic mass is 9.70. The standard InChI is InChI=1S/C23H38N2O5/c1-6-30-22(29)17-15(2)11-12-16-18(17)21(28)25(13-9-7-8-10-14-26)19(16)20(27)24-23(3,4)5/h11-12,15-19,26H,6-10,13-14H2,1-5H3,(H,24,27)/t15-,16+,17-,18-,19+/m1/s1. The number of amides is 2. The molecule has 0 bridgehead atoms. The summed E-state index contributed by atoms with van der Waals surface area (Å²) in [5.41, 5.74) is -0.419. The average molecular weight is 423 g/mol. The van der Waals surface area contributed by atoms with Gasteiger partial charge in [0.15, 0.2) is 0 Å². The molecular formula is C23H38N2O5. The van der Waals surface area contributed by atoms with Gasteiger partial charge in [-0.05, 0) is 46.5 Å². The smallest absolute Gasteiger partial charge is 0.310 e. The van der Waals surface area contributed by atoms with Crippen molar-refractivity contribution in [1.82, 2.24) is 10.2 Å². The molecule has 0 unspecified atom stereocenters. The summed E-state index contributed by atoms with van der Waals surface area (Å²) < 4.78 is 5.28. The van der Waals surface area contributed by atoms with Gasteiger partial charge in [-0.3, -0.25) is 14.4 Å². The monoisotopic (exact) mass is 422 g/mol. The summed E-state index contributed by atoms with van der Waals surface area (Å²) in [7, 11) is 0. The fourth-order valence-corrected chi connectivity index (χ4v) is 4.62. The van der Waals surface area contributed by atoms with E-state index >= 15 is 0 Å². The van der Waals surface area contributed by atoms with Gasteiger partial charge in [0.25, 0.3) is 0 Å². The summed E-state index contributed by atoms with van der Waals surface area (Å²) >= 11 is 0. The topological polar surface area (TPSA) is 95.9 Å². The molecule has 0 radical (unpaired) electrons. The minimum absolute atomic E-state index is 0.120. The van der Waals surface area contributed by atoms with Crippen molar-refractivity contribution in [2.24, 2.45) is 23.7 Å². The summed E-state index contributed by atoms with van der Waals surface area (Å²) in [6.07, 6.45) is 7.14. The van der Waals surface area contributed by atoms with Crippen LogP contribution >= 0.6 is 0 Å². The summed E-state index contributed by atoms with van der Waals surface area (Å²) in [5, 5.41) is 12.0. The van der Waals surface area contributed by atoms with Gasteiger partial charge in [0.1, 0.15) is 6.04 Å². The van der Waals surface area contributed by atoms with E-state index in [9.17, 15) is 14.4 Å². The second-order valence-electron chi connectivity index (χ2n) is 9.48. The molecule has 170 valence electrons. The van der Waals surface area contributed by atoms with Crippen molar-refractivity contribution in [3.8, 4) is 0 Å². The number of hydrogen-bond donors (Lipinski definition) is 2. The van der Waals surface area contributed by atoms with Crippen LogP contribution in [0.4, 0.5) is 0 Å². The molecule has 2 N–H and O–H groups in total. The van der Waals surface area contributed by atoms with Gasteiger partial charge in [0.2, 0.25) is 11.8 Å². The molecule has 2 rings (SSSR count). The van der Waals surface area contributed by atoms with Gasteiger partial charge >= 0.3 is 5.97 Å². The van der Waals surface area contributed by atoms with E-state index in [1.54, 1.807) is 11.8 Å². The van der Waals surface area contributed by atoms with Crippen LogP contribution in [-0.2, 0) is 19.1 Å². The van der Waals surface area contributed by atoms with E-state index < -0.39 is 23.4 Å². The Morgan fingerprint density at radius 2 is 1.83 bits per heavy atom. The van der Waals surface area contributed by atoms with Crippen molar-refractivity contribution >= 4 is 17.8 Å². The third kappa shape index (κ3) is 5.62. The molecule has 1 fully saturated rings.